The van der Waals surface area contributed by atoms with Crippen molar-refractivity contribution in [2.45, 2.75) is 18.6 Å². The first-order chi connectivity index (χ1) is 4.72. The molecule has 0 aromatic rings. The molecule has 1 heterocycles. The summed E-state index contributed by atoms with van der Waals surface area (Å²) in [5.74, 6) is 0. The Bertz CT molecular complexity index is 97.8. The Morgan fingerprint density at radius 2 is 2.20 bits per heavy atom. The number of likely N-dealkylation sites (N-methyl/N-ethyl adjacent to an activating group) is 1. The monoisotopic (exact) mass is 145 g/mol. The summed E-state index contributed by atoms with van der Waals surface area (Å²) in [5.41, 5.74) is 0. The molecule has 0 aromatic carbocycles. The van der Waals surface area contributed by atoms with Gasteiger partial charge in [0, 0.05) is 26.6 Å². The number of piperidine rings is 1. The van der Waals surface area contributed by atoms with Crippen molar-refractivity contribution in [3.05, 3.63) is 0 Å². The fraction of sp³-hybridized carbons (Fsp3) is 1.00. The molecule has 3 nitrogen and oxygen atoms in total. The highest BCUT2D eigenvalue weighted by molar-refractivity contribution is 4.76. The Kier molecular flexibility index (Phi) is 2.65. The van der Waals surface area contributed by atoms with E-state index >= 15 is 0 Å². The second-order valence-corrected chi connectivity index (χ2v) is 2.97. The van der Waals surface area contributed by atoms with Gasteiger partial charge in [0.15, 0.2) is 0 Å². The highest BCUT2D eigenvalue weighted by Crippen LogP contribution is 2.10. The van der Waals surface area contributed by atoms with Crippen LogP contribution >= 0.6 is 0 Å². The van der Waals surface area contributed by atoms with Crippen LogP contribution in [-0.2, 0) is 4.74 Å². The van der Waals surface area contributed by atoms with Gasteiger partial charge in [-0.3, -0.25) is 0 Å². The molecule has 0 amide bonds. The highest BCUT2D eigenvalue weighted by Gasteiger charge is 2.22. The van der Waals surface area contributed by atoms with E-state index in [9.17, 15) is 5.11 Å². The van der Waals surface area contributed by atoms with Crippen molar-refractivity contribution in [2.75, 3.05) is 27.2 Å². The average Bonchev–Trinajstić information content (AvgIpc) is 1.85. The van der Waals surface area contributed by atoms with Crippen LogP contribution in [0.25, 0.3) is 0 Å². The molecule has 0 bridgehead atoms. The lowest BCUT2D eigenvalue weighted by atomic mass is 10.1. The fourth-order valence-electron chi connectivity index (χ4n) is 1.41. The molecule has 0 saturated carbocycles. The number of nitrogens with zero attached hydrogens (tertiary/aromatic N) is 1. The summed E-state index contributed by atoms with van der Waals surface area (Å²) in [5, 5.41) is 9.26. The predicted octanol–water partition coefficient (Wildman–Crippen LogP) is -0.302. The van der Waals surface area contributed by atoms with Crippen molar-refractivity contribution in [3.63, 3.8) is 0 Å². The van der Waals surface area contributed by atoms with Crippen molar-refractivity contribution in [3.8, 4) is 0 Å². The molecule has 2 unspecified atom stereocenters. The number of rotatable bonds is 1. The number of likely N-dealkylation sites (tertiary alicyclic amines) is 1. The molecule has 1 fully saturated rings. The maximum Gasteiger partial charge on any atom is 0.0723 e. The second-order valence-electron chi connectivity index (χ2n) is 2.97. The first kappa shape index (κ1) is 7.98. The summed E-state index contributed by atoms with van der Waals surface area (Å²) in [6.07, 6.45) is 0.790. The molecule has 1 rings (SSSR count). The van der Waals surface area contributed by atoms with E-state index in [1.165, 1.54) is 0 Å². The van der Waals surface area contributed by atoms with Crippen molar-refractivity contribution in [1.29, 1.82) is 0 Å². The zero-order valence-corrected chi connectivity index (χ0v) is 6.58. The Hall–Kier alpha value is -0.120. The standard InChI is InChI=1S/C7H15NO2/c1-8-4-6(9)3-7(5-8)10-2/h6-7,9H,3-5H2,1-2H3. The largest absolute Gasteiger partial charge is 0.392 e. The SMILES string of the molecule is COC1CC(O)CN(C)C1. The minimum Gasteiger partial charge on any atom is -0.392 e. The Balaban J connectivity index is 2.35. The number of β-amino-alcohol motifs (C(OH)–C–C–N with tert-alkyl or cyclic N) is 1. The molecular formula is C7H15NO2. The van der Waals surface area contributed by atoms with Gasteiger partial charge in [-0.05, 0) is 7.05 Å². The van der Waals surface area contributed by atoms with Gasteiger partial charge < -0.3 is 14.7 Å². The van der Waals surface area contributed by atoms with E-state index in [0.29, 0.717) is 0 Å². The lowest BCUT2D eigenvalue weighted by Gasteiger charge is -2.31. The molecule has 1 N–H and O–H groups in total. The van der Waals surface area contributed by atoms with E-state index in [2.05, 4.69) is 4.90 Å². The van der Waals surface area contributed by atoms with E-state index in [-0.39, 0.29) is 12.2 Å². The summed E-state index contributed by atoms with van der Waals surface area (Å²) in [6.45, 7) is 1.72. The van der Waals surface area contributed by atoms with Gasteiger partial charge in [0.2, 0.25) is 0 Å². The summed E-state index contributed by atoms with van der Waals surface area (Å²) in [6, 6.07) is 0. The molecule has 2 atom stereocenters. The number of hydrogen-bond donors (Lipinski definition) is 1. The third kappa shape index (κ3) is 1.94. The topological polar surface area (TPSA) is 32.7 Å². The lowest BCUT2D eigenvalue weighted by molar-refractivity contribution is -0.0204. The molecule has 1 saturated heterocycles. The first-order valence-electron chi connectivity index (χ1n) is 3.61. The minimum atomic E-state index is -0.205. The van der Waals surface area contributed by atoms with Gasteiger partial charge in [0.05, 0.1) is 12.2 Å². The molecule has 1 aliphatic heterocycles. The van der Waals surface area contributed by atoms with Crippen LogP contribution in [0.5, 0.6) is 0 Å². The van der Waals surface area contributed by atoms with E-state index in [0.717, 1.165) is 19.5 Å². The summed E-state index contributed by atoms with van der Waals surface area (Å²) < 4.78 is 5.13. The fourth-order valence-corrected chi connectivity index (χ4v) is 1.41. The van der Waals surface area contributed by atoms with Gasteiger partial charge in [-0.2, -0.15) is 0 Å². The van der Waals surface area contributed by atoms with Crippen LogP contribution in [0, 0.1) is 0 Å². The molecule has 60 valence electrons. The van der Waals surface area contributed by atoms with E-state index in [1.54, 1.807) is 7.11 Å². The van der Waals surface area contributed by atoms with Gasteiger partial charge >= 0.3 is 0 Å². The van der Waals surface area contributed by atoms with Crippen molar-refractivity contribution >= 4 is 0 Å². The molecular weight excluding hydrogens is 130 g/mol. The van der Waals surface area contributed by atoms with Crippen LogP contribution in [0.3, 0.4) is 0 Å². The van der Waals surface area contributed by atoms with Crippen LogP contribution in [-0.4, -0.2) is 49.5 Å². The summed E-state index contributed by atoms with van der Waals surface area (Å²) >= 11 is 0. The first-order valence-corrected chi connectivity index (χ1v) is 3.61. The average molecular weight is 145 g/mol. The molecule has 10 heavy (non-hydrogen) atoms. The predicted molar refractivity (Wildman–Crippen MR) is 38.9 cm³/mol. The zero-order valence-electron chi connectivity index (χ0n) is 6.58. The number of aliphatic hydroxyl groups excluding tert-OH is 1. The zero-order chi connectivity index (χ0) is 7.56. The molecule has 1 aliphatic rings. The van der Waals surface area contributed by atoms with E-state index in [4.69, 9.17) is 4.74 Å². The molecule has 3 heteroatoms. The van der Waals surface area contributed by atoms with Crippen molar-refractivity contribution in [2.24, 2.45) is 0 Å². The van der Waals surface area contributed by atoms with Crippen LogP contribution < -0.4 is 0 Å². The molecule has 0 spiro atoms. The lowest BCUT2D eigenvalue weighted by Crippen LogP contribution is -2.44. The minimum absolute atomic E-state index is 0.205. The Morgan fingerprint density at radius 1 is 1.50 bits per heavy atom. The third-order valence-corrected chi connectivity index (χ3v) is 1.91. The Morgan fingerprint density at radius 3 is 2.70 bits per heavy atom. The molecule has 0 aromatic heterocycles. The normalized spacial score (nSPS) is 36.3. The molecule has 0 aliphatic carbocycles. The summed E-state index contributed by atoms with van der Waals surface area (Å²) in [7, 11) is 3.69. The van der Waals surface area contributed by atoms with Gasteiger partial charge in [0.1, 0.15) is 0 Å². The highest BCUT2D eigenvalue weighted by atomic mass is 16.5. The smallest absolute Gasteiger partial charge is 0.0723 e. The number of ether oxygens (including phenoxy) is 1. The van der Waals surface area contributed by atoms with Crippen molar-refractivity contribution in [1.82, 2.24) is 4.90 Å². The number of hydrogen-bond acceptors (Lipinski definition) is 3. The van der Waals surface area contributed by atoms with Crippen LogP contribution in [0.15, 0.2) is 0 Å². The van der Waals surface area contributed by atoms with Crippen molar-refractivity contribution < 1.29 is 9.84 Å². The third-order valence-electron chi connectivity index (χ3n) is 1.91. The Labute approximate surface area is 61.6 Å². The van der Waals surface area contributed by atoms with Gasteiger partial charge in [-0.25, -0.2) is 0 Å². The van der Waals surface area contributed by atoms with Gasteiger partial charge in [0.25, 0.3) is 0 Å². The second kappa shape index (κ2) is 3.32. The number of methoxy groups -OCH3 is 1. The quantitative estimate of drug-likeness (QED) is 0.550. The maximum absolute atomic E-state index is 9.26. The van der Waals surface area contributed by atoms with Gasteiger partial charge in [-0.15, -0.1) is 0 Å². The summed E-state index contributed by atoms with van der Waals surface area (Å²) in [4.78, 5) is 2.09. The number of aliphatic hydroxyl groups is 1. The van der Waals surface area contributed by atoms with Gasteiger partial charge in [-0.1, -0.05) is 0 Å². The van der Waals surface area contributed by atoms with E-state index < -0.39 is 0 Å². The van der Waals surface area contributed by atoms with Crippen LogP contribution in [0.4, 0.5) is 0 Å². The van der Waals surface area contributed by atoms with Crippen LogP contribution in [0.1, 0.15) is 6.42 Å². The van der Waals surface area contributed by atoms with Crippen LogP contribution in [0.2, 0.25) is 0 Å². The van der Waals surface area contributed by atoms with E-state index in [1.807, 2.05) is 7.05 Å². The maximum atomic E-state index is 9.26. The molecule has 0 radical (unpaired) electrons.